The average Bonchev–Trinajstić information content (AvgIpc) is 3.29. The van der Waals surface area contributed by atoms with Gasteiger partial charge in [-0.05, 0) is 89.5 Å². The number of rotatable bonds is 9. The monoisotopic (exact) mass is 491 g/mol. The molecule has 0 amide bonds. The Hall–Kier alpha value is -0.740. The van der Waals surface area contributed by atoms with Crippen LogP contribution >= 0.6 is 11.8 Å². The first-order valence-electron chi connectivity index (χ1n) is 13.7. The summed E-state index contributed by atoms with van der Waals surface area (Å²) >= 11 is 2.17. The molecule has 0 spiro atoms. The van der Waals surface area contributed by atoms with Crippen LogP contribution in [-0.2, 0) is 14.3 Å². The van der Waals surface area contributed by atoms with E-state index in [1.807, 2.05) is 14.0 Å². The molecule has 1 N–H and O–H groups in total. The molecule has 6 heteroatoms. The summed E-state index contributed by atoms with van der Waals surface area (Å²) in [5.74, 6) is 6.59. The SMILES string of the molecule is CC#C[C@@H](CC(=O)O)C1CCC(OCC2CCC(CN3CCCC4CCCC(OC)C43)S2)CC1. The second kappa shape index (κ2) is 13.0. The first kappa shape index (κ1) is 26.3. The lowest BCUT2D eigenvalue weighted by molar-refractivity contribution is -0.138. The summed E-state index contributed by atoms with van der Waals surface area (Å²) < 4.78 is 12.3. The van der Waals surface area contributed by atoms with Gasteiger partial charge in [0, 0.05) is 36.1 Å². The van der Waals surface area contributed by atoms with Gasteiger partial charge >= 0.3 is 5.97 Å². The third-order valence-corrected chi connectivity index (χ3v) is 10.4. The van der Waals surface area contributed by atoms with Gasteiger partial charge in [0.1, 0.15) is 0 Å². The van der Waals surface area contributed by atoms with Crippen LogP contribution in [0.3, 0.4) is 0 Å². The van der Waals surface area contributed by atoms with E-state index in [0.29, 0.717) is 29.4 Å². The molecule has 5 nitrogen and oxygen atoms in total. The van der Waals surface area contributed by atoms with Crippen molar-refractivity contribution in [2.75, 3.05) is 26.8 Å². The number of piperidine rings is 1. The quantitative estimate of drug-likeness (QED) is 0.446. The number of methoxy groups -OCH3 is 1. The van der Waals surface area contributed by atoms with Gasteiger partial charge < -0.3 is 14.6 Å². The molecular formula is C28H45NO4S. The maximum atomic E-state index is 11.2. The van der Waals surface area contributed by atoms with Crippen LogP contribution in [0.2, 0.25) is 0 Å². The molecule has 192 valence electrons. The molecule has 6 atom stereocenters. The highest BCUT2D eigenvalue weighted by Crippen LogP contribution is 2.40. The lowest BCUT2D eigenvalue weighted by atomic mass is 9.76. The summed E-state index contributed by atoms with van der Waals surface area (Å²) in [5, 5.41) is 10.6. The molecule has 0 aromatic heterocycles. The van der Waals surface area contributed by atoms with Gasteiger partial charge in [-0.2, -0.15) is 11.8 Å². The van der Waals surface area contributed by atoms with E-state index in [1.54, 1.807) is 0 Å². The number of hydrogen-bond donors (Lipinski definition) is 1. The third-order valence-electron chi connectivity index (χ3n) is 8.84. The lowest BCUT2D eigenvalue weighted by Crippen LogP contribution is -2.55. The highest BCUT2D eigenvalue weighted by Gasteiger charge is 2.41. The van der Waals surface area contributed by atoms with Gasteiger partial charge in [-0.3, -0.25) is 9.69 Å². The fourth-order valence-corrected chi connectivity index (χ4v) is 8.68. The summed E-state index contributed by atoms with van der Waals surface area (Å²) in [6.45, 7) is 5.14. The van der Waals surface area contributed by atoms with E-state index in [4.69, 9.17) is 9.47 Å². The van der Waals surface area contributed by atoms with Gasteiger partial charge in [0.15, 0.2) is 0 Å². The van der Waals surface area contributed by atoms with Crippen molar-refractivity contribution in [1.29, 1.82) is 0 Å². The zero-order valence-corrected chi connectivity index (χ0v) is 22.1. The van der Waals surface area contributed by atoms with Crippen LogP contribution < -0.4 is 0 Å². The largest absolute Gasteiger partial charge is 0.481 e. The normalized spacial score (nSPS) is 37.4. The fourth-order valence-electron chi connectivity index (χ4n) is 7.16. The van der Waals surface area contributed by atoms with E-state index >= 15 is 0 Å². The van der Waals surface area contributed by atoms with E-state index in [1.165, 1.54) is 58.0 Å². The third kappa shape index (κ3) is 6.93. The number of aliphatic carboxylic acids is 1. The Morgan fingerprint density at radius 3 is 2.56 bits per heavy atom. The number of carbonyl (C=O) groups is 1. The van der Waals surface area contributed by atoms with Crippen molar-refractivity contribution in [3.05, 3.63) is 0 Å². The number of nitrogens with zero attached hydrogens (tertiary/aromatic N) is 1. The van der Waals surface area contributed by atoms with E-state index in [-0.39, 0.29) is 12.3 Å². The highest BCUT2D eigenvalue weighted by atomic mass is 32.2. The van der Waals surface area contributed by atoms with Gasteiger partial charge in [-0.25, -0.2) is 0 Å². The fraction of sp³-hybridized carbons (Fsp3) is 0.893. The van der Waals surface area contributed by atoms with E-state index in [2.05, 4.69) is 28.5 Å². The summed E-state index contributed by atoms with van der Waals surface area (Å²) in [7, 11) is 1.91. The summed E-state index contributed by atoms with van der Waals surface area (Å²) in [5.41, 5.74) is 0. The van der Waals surface area contributed by atoms with Crippen molar-refractivity contribution in [3.63, 3.8) is 0 Å². The van der Waals surface area contributed by atoms with Gasteiger partial charge in [0.2, 0.25) is 0 Å². The predicted octanol–water partition coefficient (Wildman–Crippen LogP) is 5.22. The molecule has 5 unspecified atom stereocenters. The first-order chi connectivity index (χ1) is 16.6. The minimum Gasteiger partial charge on any atom is -0.481 e. The average molecular weight is 492 g/mol. The van der Waals surface area contributed by atoms with Crippen LogP contribution in [0.5, 0.6) is 0 Å². The Labute approximate surface area is 211 Å². The van der Waals surface area contributed by atoms with Crippen molar-refractivity contribution in [2.45, 2.75) is 113 Å². The number of thioether (sulfide) groups is 1. The molecule has 2 heterocycles. The topological polar surface area (TPSA) is 59.0 Å². The zero-order chi connectivity index (χ0) is 23.9. The molecule has 34 heavy (non-hydrogen) atoms. The van der Waals surface area contributed by atoms with Gasteiger partial charge in [0.05, 0.1) is 25.2 Å². The lowest BCUT2D eigenvalue weighted by Gasteiger charge is -2.48. The summed E-state index contributed by atoms with van der Waals surface area (Å²) in [6, 6.07) is 0.640. The number of carboxylic acids is 1. The van der Waals surface area contributed by atoms with Crippen molar-refractivity contribution in [3.8, 4) is 11.8 Å². The van der Waals surface area contributed by atoms with Crippen LogP contribution in [0.4, 0.5) is 0 Å². The second-order valence-electron chi connectivity index (χ2n) is 11.0. The zero-order valence-electron chi connectivity index (χ0n) is 21.3. The smallest absolute Gasteiger partial charge is 0.304 e. The molecule has 4 fully saturated rings. The van der Waals surface area contributed by atoms with Crippen LogP contribution in [0.1, 0.15) is 84.0 Å². The Morgan fingerprint density at radius 2 is 1.82 bits per heavy atom. The van der Waals surface area contributed by atoms with Crippen LogP contribution in [-0.4, -0.2) is 71.5 Å². The minimum atomic E-state index is -0.736. The molecule has 4 aliphatic rings. The van der Waals surface area contributed by atoms with Gasteiger partial charge in [-0.1, -0.05) is 12.3 Å². The molecule has 0 radical (unpaired) electrons. The van der Waals surface area contributed by atoms with Gasteiger partial charge in [-0.15, -0.1) is 5.92 Å². The summed E-state index contributed by atoms with van der Waals surface area (Å²) in [4.78, 5) is 14.0. The van der Waals surface area contributed by atoms with E-state index in [9.17, 15) is 9.90 Å². The van der Waals surface area contributed by atoms with Crippen LogP contribution in [0, 0.1) is 29.6 Å². The number of hydrogen-bond acceptors (Lipinski definition) is 5. The summed E-state index contributed by atoms with van der Waals surface area (Å²) in [6.07, 6.45) is 14.4. The number of likely N-dealkylation sites (tertiary alicyclic amines) is 1. The molecule has 2 aliphatic carbocycles. The molecule has 4 rings (SSSR count). The molecule has 0 bridgehead atoms. The van der Waals surface area contributed by atoms with Gasteiger partial charge in [0.25, 0.3) is 0 Å². The van der Waals surface area contributed by atoms with Crippen LogP contribution in [0.15, 0.2) is 0 Å². The number of carboxylic acid groups (broad SMARTS) is 1. The van der Waals surface area contributed by atoms with Crippen LogP contribution in [0.25, 0.3) is 0 Å². The first-order valence-corrected chi connectivity index (χ1v) is 14.7. The number of ether oxygens (including phenoxy) is 2. The number of fused-ring (bicyclic) bond motifs is 1. The maximum absolute atomic E-state index is 11.2. The Bertz CT molecular complexity index is 704. The molecule has 2 saturated heterocycles. The van der Waals surface area contributed by atoms with Crippen molar-refractivity contribution in [1.82, 2.24) is 4.90 Å². The molecular weight excluding hydrogens is 446 g/mol. The highest BCUT2D eigenvalue weighted by molar-refractivity contribution is 8.00. The van der Waals surface area contributed by atoms with E-state index < -0.39 is 5.97 Å². The molecule has 0 aromatic carbocycles. The minimum absolute atomic E-state index is 0.00847. The standard InChI is InChI=1S/C28H45NO4S/c1-3-6-22(17-27(30)31)20-10-12-23(13-11-20)33-19-25-15-14-24(34-25)18-29-16-5-8-21-7-4-9-26(32-2)28(21)29/h20-26,28H,4-5,7-19H2,1-2H3,(H,30,31)/t20?,21?,22-,23?,24?,25?,26?,28?/m0/s1. The second-order valence-corrected chi connectivity index (χ2v) is 12.6. The molecule has 0 aromatic rings. The van der Waals surface area contributed by atoms with Crippen molar-refractivity contribution in [2.24, 2.45) is 17.8 Å². The van der Waals surface area contributed by atoms with Crippen molar-refractivity contribution < 1.29 is 19.4 Å². The van der Waals surface area contributed by atoms with E-state index in [0.717, 1.165) is 43.5 Å². The molecule has 2 aliphatic heterocycles. The predicted molar refractivity (Wildman–Crippen MR) is 138 cm³/mol. The Morgan fingerprint density at radius 1 is 1.06 bits per heavy atom. The Kier molecular flexibility index (Phi) is 10.1. The maximum Gasteiger partial charge on any atom is 0.304 e. The van der Waals surface area contributed by atoms with Crippen molar-refractivity contribution >= 4 is 17.7 Å². The molecule has 2 saturated carbocycles. The Balaban J connectivity index is 1.18.